The van der Waals surface area contributed by atoms with Crippen molar-refractivity contribution in [3.05, 3.63) is 0 Å². The van der Waals surface area contributed by atoms with E-state index in [1.807, 2.05) is 13.0 Å². The van der Waals surface area contributed by atoms with Crippen LogP contribution in [0.3, 0.4) is 0 Å². The van der Waals surface area contributed by atoms with E-state index in [4.69, 9.17) is 15.1 Å². The molecule has 1 rings (SSSR count). The molecule has 15 heavy (non-hydrogen) atoms. The van der Waals surface area contributed by atoms with Crippen molar-refractivity contribution in [3.8, 4) is 6.07 Å². The molecule has 2 atom stereocenters. The lowest BCUT2D eigenvalue weighted by Crippen LogP contribution is -2.48. The van der Waals surface area contributed by atoms with E-state index in [0.29, 0.717) is 26.1 Å². The molecular weight excluding hydrogens is 196 g/mol. The van der Waals surface area contributed by atoms with Gasteiger partial charge in [0.2, 0.25) is 5.91 Å². The van der Waals surface area contributed by atoms with Crippen molar-refractivity contribution in [2.24, 2.45) is 5.92 Å². The smallest absolute Gasteiger partial charge is 0.240 e. The van der Waals surface area contributed by atoms with Gasteiger partial charge in [0.05, 0.1) is 25.4 Å². The number of nitrogens with zero attached hydrogens (tertiary/aromatic N) is 2. The first-order valence-electron chi connectivity index (χ1n) is 5.13. The summed E-state index contributed by atoms with van der Waals surface area (Å²) in [6.45, 7) is 3.04. The molecule has 84 valence electrons. The molecule has 1 saturated heterocycles. The maximum Gasteiger partial charge on any atom is 0.240 e. The molecule has 0 aromatic carbocycles. The number of carbonyl (C=O) groups excluding carboxylic acids is 1. The van der Waals surface area contributed by atoms with Gasteiger partial charge in [-0.1, -0.05) is 6.92 Å². The van der Waals surface area contributed by atoms with Gasteiger partial charge in [0.15, 0.2) is 0 Å². The fourth-order valence-electron chi connectivity index (χ4n) is 1.57. The van der Waals surface area contributed by atoms with Gasteiger partial charge in [0, 0.05) is 13.1 Å². The van der Waals surface area contributed by atoms with Gasteiger partial charge in [-0.2, -0.15) is 5.26 Å². The zero-order valence-corrected chi connectivity index (χ0v) is 8.85. The molecule has 1 aliphatic heterocycles. The third-order valence-corrected chi connectivity index (χ3v) is 2.52. The van der Waals surface area contributed by atoms with Crippen molar-refractivity contribution in [2.75, 3.05) is 26.3 Å². The number of amides is 1. The quantitative estimate of drug-likeness (QED) is 0.700. The molecule has 5 heteroatoms. The fraction of sp³-hybridized carbons (Fsp3) is 0.800. The molecule has 0 bridgehead atoms. The third-order valence-electron chi connectivity index (χ3n) is 2.52. The second-order valence-corrected chi connectivity index (χ2v) is 3.55. The SMILES string of the molecule is CCC(C#N)C(=O)N1CCOC(CO)C1. The third kappa shape index (κ3) is 2.91. The Labute approximate surface area is 89.2 Å². The first-order chi connectivity index (χ1) is 7.22. The predicted molar refractivity (Wildman–Crippen MR) is 52.8 cm³/mol. The van der Waals surface area contributed by atoms with E-state index in [9.17, 15) is 4.79 Å². The van der Waals surface area contributed by atoms with Crippen molar-refractivity contribution >= 4 is 5.91 Å². The number of rotatable bonds is 3. The van der Waals surface area contributed by atoms with Crippen LogP contribution in [0.2, 0.25) is 0 Å². The Kier molecular flexibility index (Phi) is 4.53. The molecule has 2 unspecified atom stereocenters. The molecule has 1 amide bonds. The number of nitriles is 1. The van der Waals surface area contributed by atoms with Crippen molar-refractivity contribution < 1.29 is 14.6 Å². The molecule has 0 aliphatic carbocycles. The number of ether oxygens (including phenoxy) is 1. The van der Waals surface area contributed by atoms with Gasteiger partial charge in [-0.05, 0) is 6.42 Å². The van der Waals surface area contributed by atoms with Crippen molar-refractivity contribution in [1.82, 2.24) is 4.90 Å². The first-order valence-corrected chi connectivity index (χ1v) is 5.13. The summed E-state index contributed by atoms with van der Waals surface area (Å²) in [6, 6.07) is 1.99. The molecule has 0 aromatic rings. The van der Waals surface area contributed by atoms with E-state index in [1.54, 1.807) is 4.90 Å². The summed E-state index contributed by atoms with van der Waals surface area (Å²) in [7, 11) is 0. The Balaban J connectivity index is 2.56. The van der Waals surface area contributed by atoms with Crippen LogP contribution in [-0.2, 0) is 9.53 Å². The lowest BCUT2D eigenvalue weighted by molar-refractivity contribution is -0.142. The highest BCUT2D eigenvalue weighted by Crippen LogP contribution is 2.11. The second-order valence-electron chi connectivity index (χ2n) is 3.55. The first kappa shape index (κ1) is 12.0. The summed E-state index contributed by atoms with van der Waals surface area (Å²) in [5, 5.41) is 17.7. The van der Waals surface area contributed by atoms with Crippen molar-refractivity contribution in [1.29, 1.82) is 5.26 Å². The van der Waals surface area contributed by atoms with Crippen LogP contribution in [0.5, 0.6) is 0 Å². The van der Waals surface area contributed by atoms with E-state index in [1.165, 1.54) is 0 Å². The van der Waals surface area contributed by atoms with Gasteiger partial charge in [-0.3, -0.25) is 4.79 Å². The van der Waals surface area contributed by atoms with Crippen LogP contribution in [0.1, 0.15) is 13.3 Å². The fourth-order valence-corrected chi connectivity index (χ4v) is 1.57. The molecule has 0 aromatic heterocycles. The molecule has 1 fully saturated rings. The molecule has 0 saturated carbocycles. The monoisotopic (exact) mass is 212 g/mol. The average Bonchev–Trinajstić information content (AvgIpc) is 2.30. The largest absolute Gasteiger partial charge is 0.394 e. The lowest BCUT2D eigenvalue weighted by Gasteiger charge is -2.33. The zero-order chi connectivity index (χ0) is 11.3. The Morgan fingerprint density at radius 2 is 2.53 bits per heavy atom. The summed E-state index contributed by atoms with van der Waals surface area (Å²) in [5.41, 5.74) is 0. The summed E-state index contributed by atoms with van der Waals surface area (Å²) in [6.07, 6.45) is 0.218. The summed E-state index contributed by atoms with van der Waals surface area (Å²) >= 11 is 0. The molecule has 1 aliphatic rings. The Morgan fingerprint density at radius 1 is 1.80 bits per heavy atom. The second kappa shape index (κ2) is 5.69. The van der Waals surface area contributed by atoms with Crippen LogP contribution in [0.15, 0.2) is 0 Å². The molecule has 1 N–H and O–H groups in total. The van der Waals surface area contributed by atoms with Crippen LogP contribution in [0.25, 0.3) is 0 Å². The Bertz CT molecular complexity index is 262. The highest BCUT2D eigenvalue weighted by atomic mass is 16.5. The van der Waals surface area contributed by atoms with Gasteiger partial charge in [0.25, 0.3) is 0 Å². The minimum absolute atomic E-state index is 0.0902. The van der Waals surface area contributed by atoms with Crippen molar-refractivity contribution in [3.63, 3.8) is 0 Å². The average molecular weight is 212 g/mol. The topological polar surface area (TPSA) is 73.6 Å². The number of carbonyl (C=O) groups is 1. The number of morpholine rings is 1. The minimum Gasteiger partial charge on any atom is -0.394 e. The van der Waals surface area contributed by atoms with Gasteiger partial charge in [0.1, 0.15) is 5.92 Å². The predicted octanol–water partition coefficient (Wildman–Crippen LogP) is -0.244. The Morgan fingerprint density at radius 3 is 3.07 bits per heavy atom. The summed E-state index contributed by atoms with van der Waals surface area (Å²) in [5.74, 6) is -0.718. The molecule has 0 radical (unpaired) electrons. The number of hydrogen-bond donors (Lipinski definition) is 1. The standard InChI is InChI=1S/C10H16N2O3/c1-2-8(5-11)10(14)12-3-4-15-9(6-12)7-13/h8-9,13H,2-4,6-7H2,1H3. The van der Waals surface area contributed by atoms with Crippen LogP contribution in [0.4, 0.5) is 0 Å². The number of aliphatic hydroxyl groups excluding tert-OH is 1. The van der Waals surface area contributed by atoms with Crippen LogP contribution >= 0.6 is 0 Å². The maximum absolute atomic E-state index is 11.8. The van der Waals surface area contributed by atoms with Gasteiger partial charge in [-0.15, -0.1) is 0 Å². The van der Waals surface area contributed by atoms with Gasteiger partial charge in [-0.25, -0.2) is 0 Å². The highest BCUT2D eigenvalue weighted by molar-refractivity contribution is 5.81. The maximum atomic E-state index is 11.8. The van der Waals surface area contributed by atoms with Crippen LogP contribution < -0.4 is 0 Å². The van der Waals surface area contributed by atoms with E-state index in [2.05, 4.69) is 0 Å². The summed E-state index contributed by atoms with van der Waals surface area (Å²) in [4.78, 5) is 13.4. The van der Waals surface area contributed by atoms with Crippen LogP contribution in [0, 0.1) is 17.2 Å². The minimum atomic E-state index is -0.567. The highest BCUT2D eigenvalue weighted by Gasteiger charge is 2.27. The molecular formula is C10H16N2O3. The van der Waals surface area contributed by atoms with E-state index >= 15 is 0 Å². The molecule has 5 nitrogen and oxygen atoms in total. The summed E-state index contributed by atoms with van der Waals surface area (Å²) < 4.78 is 5.23. The van der Waals surface area contributed by atoms with Gasteiger partial charge >= 0.3 is 0 Å². The van der Waals surface area contributed by atoms with E-state index in [-0.39, 0.29) is 18.6 Å². The zero-order valence-electron chi connectivity index (χ0n) is 8.85. The number of hydrogen-bond acceptors (Lipinski definition) is 4. The van der Waals surface area contributed by atoms with Crippen LogP contribution in [-0.4, -0.2) is 48.3 Å². The molecule has 1 heterocycles. The normalized spacial score (nSPS) is 23.3. The van der Waals surface area contributed by atoms with E-state index in [0.717, 1.165) is 0 Å². The number of aliphatic hydroxyl groups is 1. The lowest BCUT2D eigenvalue weighted by atomic mass is 10.1. The van der Waals surface area contributed by atoms with E-state index < -0.39 is 5.92 Å². The van der Waals surface area contributed by atoms with Crippen molar-refractivity contribution in [2.45, 2.75) is 19.4 Å². The molecule has 0 spiro atoms. The van der Waals surface area contributed by atoms with Gasteiger partial charge < -0.3 is 14.7 Å². The Hall–Kier alpha value is -1.12.